The largest absolute Gasteiger partial charge is 0.364 e. The molecule has 0 aliphatic carbocycles. The summed E-state index contributed by atoms with van der Waals surface area (Å²) in [5, 5.41) is 4.85. The van der Waals surface area contributed by atoms with Gasteiger partial charge in [0.25, 0.3) is 11.8 Å². The standard InChI is InChI=1S/C24H26ClN5O3/c1-15(2)12-21(31)28-8-10-29(11-9-28)24(33)22-17(16-6-4-3-5-7-16)13-19-18(25)14-20(23(26)32)30(19)27-22/h3-7,13-15H,8-12H2,1-2H3,(H2,26,32). The van der Waals surface area contributed by atoms with Crippen LogP contribution in [0, 0.1) is 5.92 Å². The van der Waals surface area contributed by atoms with Crippen LogP contribution in [0.1, 0.15) is 41.2 Å². The highest BCUT2D eigenvalue weighted by molar-refractivity contribution is 6.34. The third kappa shape index (κ3) is 4.57. The van der Waals surface area contributed by atoms with Gasteiger partial charge in [0, 0.05) is 38.2 Å². The summed E-state index contributed by atoms with van der Waals surface area (Å²) in [5.74, 6) is -0.566. The molecule has 8 nitrogen and oxygen atoms in total. The Morgan fingerprint density at radius 3 is 2.27 bits per heavy atom. The first kappa shape index (κ1) is 22.8. The van der Waals surface area contributed by atoms with Gasteiger partial charge < -0.3 is 15.5 Å². The Bertz CT molecular complexity index is 1210. The third-order valence-electron chi connectivity index (χ3n) is 5.74. The van der Waals surface area contributed by atoms with Gasteiger partial charge in [-0.3, -0.25) is 14.4 Å². The summed E-state index contributed by atoms with van der Waals surface area (Å²) in [6.45, 7) is 5.79. The zero-order valence-corrected chi connectivity index (χ0v) is 19.4. The highest BCUT2D eigenvalue weighted by Crippen LogP contribution is 2.30. The Morgan fingerprint density at radius 2 is 1.67 bits per heavy atom. The third-order valence-corrected chi connectivity index (χ3v) is 6.05. The van der Waals surface area contributed by atoms with Crippen molar-refractivity contribution in [3.63, 3.8) is 0 Å². The summed E-state index contributed by atoms with van der Waals surface area (Å²) < 4.78 is 1.33. The Kier molecular flexibility index (Phi) is 6.37. The number of benzene rings is 1. The summed E-state index contributed by atoms with van der Waals surface area (Å²) in [6, 6.07) is 12.6. The predicted molar refractivity (Wildman–Crippen MR) is 126 cm³/mol. The number of halogens is 1. The van der Waals surface area contributed by atoms with Crippen molar-refractivity contribution in [2.24, 2.45) is 11.7 Å². The molecule has 1 aromatic carbocycles. The van der Waals surface area contributed by atoms with Crippen LogP contribution in [0.4, 0.5) is 0 Å². The molecule has 1 saturated heterocycles. The number of aromatic nitrogens is 2. The van der Waals surface area contributed by atoms with Crippen LogP contribution in [-0.2, 0) is 4.79 Å². The molecule has 1 fully saturated rings. The van der Waals surface area contributed by atoms with E-state index in [2.05, 4.69) is 5.10 Å². The fourth-order valence-electron chi connectivity index (χ4n) is 4.04. The first-order chi connectivity index (χ1) is 15.8. The van der Waals surface area contributed by atoms with Gasteiger partial charge in [-0.1, -0.05) is 55.8 Å². The summed E-state index contributed by atoms with van der Waals surface area (Å²) in [4.78, 5) is 41.4. The summed E-state index contributed by atoms with van der Waals surface area (Å²) in [7, 11) is 0. The number of hydrogen-bond acceptors (Lipinski definition) is 4. The molecule has 3 aromatic rings. The number of primary amides is 1. The minimum Gasteiger partial charge on any atom is -0.364 e. The minimum absolute atomic E-state index is 0.104. The van der Waals surface area contributed by atoms with E-state index in [4.69, 9.17) is 17.3 Å². The van der Waals surface area contributed by atoms with Gasteiger partial charge in [-0.05, 0) is 23.6 Å². The van der Waals surface area contributed by atoms with E-state index in [0.717, 1.165) is 5.56 Å². The summed E-state index contributed by atoms with van der Waals surface area (Å²) in [6.07, 6.45) is 0.495. The molecule has 172 valence electrons. The molecule has 4 rings (SSSR count). The van der Waals surface area contributed by atoms with Crippen molar-refractivity contribution in [2.75, 3.05) is 26.2 Å². The van der Waals surface area contributed by atoms with E-state index in [-0.39, 0.29) is 29.1 Å². The number of nitrogens with zero attached hydrogens (tertiary/aromatic N) is 4. The molecular weight excluding hydrogens is 442 g/mol. The fourth-order valence-corrected chi connectivity index (χ4v) is 4.28. The quantitative estimate of drug-likeness (QED) is 0.623. The van der Waals surface area contributed by atoms with Crippen LogP contribution < -0.4 is 5.73 Å². The molecule has 1 aliphatic rings. The lowest BCUT2D eigenvalue weighted by Gasteiger charge is -2.35. The summed E-state index contributed by atoms with van der Waals surface area (Å²) >= 11 is 6.34. The maximum absolute atomic E-state index is 13.6. The lowest BCUT2D eigenvalue weighted by Crippen LogP contribution is -2.51. The number of piperazine rings is 1. The van der Waals surface area contributed by atoms with Gasteiger partial charge >= 0.3 is 0 Å². The number of carbonyl (C=O) groups is 3. The number of carbonyl (C=O) groups excluding carboxylic acids is 3. The molecule has 1 aliphatic heterocycles. The van der Waals surface area contributed by atoms with Crippen LogP contribution in [-0.4, -0.2) is 63.3 Å². The van der Waals surface area contributed by atoms with E-state index in [1.807, 2.05) is 44.2 Å². The molecule has 0 radical (unpaired) electrons. The minimum atomic E-state index is -0.687. The van der Waals surface area contributed by atoms with E-state index in [9.17, 15) is 14.4 Å². The normalized spacial score (nSPS) is 14.2. The zero-order valence-electron chi connectivity index (χ0n) is 18.6. The number of hydrogen-bond donors (Lipinski definition) is 1. The SMILES string of the molecule is CC(C)CC(=O)N1CCN(C(=O)c2nn3c(C(N)=O)cc(Cl)c3cc2-c2ccccc2)CC1. The van der Waals surface area contributed by atoms with Crippen LogP contribution in [0.3, 0.4) is 0 Å². The second-order valence-corrected chi connectivity index (χ2v) is 8.99. The Labute approximate surface area is 196 Å². The molecule has 0 atom stereocenters. The van der Waals surface area contributed by atoms with E-state index in [0.29, 0.717) is 48.7 Å². The average molecular weight is 468 g/mol. The topological polar surface area (TPSA) is 101 Å². The molecule has 33 heavy (non-hydrogen) atoms. The van der Waals surface area contributed by atoms with Crippen molar-refractivity contribution in [3.8, 4) is 11.1 Å². The average Bonchev–Trinajstić information content (AvgIpc) is 3.14. The molecular formula is C24H26ClN5O3. The lowest BCUT2D eigenvalue weighted by atomic mass is 10.0. The molecule has 2 aromatic heterocycles. The predicted octanol–water partition coefficient (Wildman–Crippen LogP) is 3.08. The van der Waals surface area contributed by atoms with E-state index in [1.165, 1.54) is 10.6 Å². The second kappa shape index (κ2) is 9.23. The number of fused-ring (bicyclic) bond motifs is 1. The first-order valence-corrected chi connectivity index (χ1v) is 11.3. The van der Waals surface area contributed by atoms with E-state index < -0.39 is 5.91 Å². The van der Waals surface area contributed by atoms with Crippen LogP contribution >= 0.6 is 11.6 Å². The highest BCUT2D eigenvalue weighted by Gasteiger charge is 2.29. The fraction of sp³-hybridized carbons (Fsp3) is 0.333. The van der Waals surface area contributed by atoms with Crippen LogP contribution in [0.15, 0.2) is 42.5 Å². The van der Waals surface area contributed by atoms with Gasteiger partial charge in [0.15, 0.2) is 5.69 Å². The second-order valence-electron chi connectivity index (χ2n) is 8.58. The van der Waals surface area contributed by atoms with Crippen LogP contribution in [0.5, 0.6) is 0 Å². The van der Waals surface area contributed by atoms with Crippen molar-refractivity contribution in [1.29, 1.82) is 0 Å². The van der Waals surface area contributed by atoms with Gasteiger partial charge in [0.1, 0.15) is 5.69 Å². The van der Waals surface area contributed by atoms with Crippen LogP contribution in [0.2, 0.25) is 5.02 Å². The van der Waals surface area contributed by atoms with Gasteiger partial charge in [-0.2, -0.15) is 5.10 Å². The Balaban J connectivity index is 1.70. The molecule has 2 N–H and O–H groups in total. The first-order valence-electron chi connectivity index (χ1n) is 10.9. The summed E-state index contributed by atoms with van der Waals surface area (Å²) in [5.41, 5.74) is 7.71. The maximum Gasteiger partial charge on any atom is 0.275 e. The lowest BCUT2D eigenvalue weighted by molar-refractivity contribution is -0.133. The number of amides is 3. The van der Waals surface area contributed by atoms with E-state index in [1.54, 1.807) is 15.9 Å². The van der Waals surface area contributed by atoms with Crippen molar-refractivity contribution in [1.82, 2.24) is 19.4 Å². The van der Waals surface area contributed by atoms with Crippen molar-refractivity contribution < 1.29 is 14.4 Å². The van der Waals surface area contributed by atoms with Gasteiger partial charge in [0.05, 0.1) is 10.5 Å². The van der Waals surface area contributed by atoms with E-state index >= 15 is 0 Å². The van der Waals surface area contributed by atoms with Crippen molar-refractivity contribution in [2.45, 2.75) is 20.3 Å². The van der Waals surface area contributed by atoms with Crippen molar-refractivity contribution >= 4 is 34.8 Å². The Hall–Kier alpha value is -3.39. The molecule has 0 saturated carbocycles. The van der Waals surface area contributed by atoms with Gasteiger partial charge in [-0.15, -0.1) is 0 Å². The Morgan fingerprint density at radius 1 is 1.03 bits per heavy atom. The van der Waals surface area contributed by atoms with Crippen molar-refractivity contribution in [3.05, 3.63) is 58.9 Å². The highest BCUT2D eigenvalue weighted by atomic mass is 35.5. The van der Waals surface area contributed by atoms with Gasteiger partial charge in [0.2, 0.25) is 5.91 Å². The molecule has 0 spiro atoms. The zero-order chi connectivity index (χ0) is 23.7. The molecule has 3 heterocycles. The molecule has 0 unspecified atom stereocenters. The monoisotopic (exact) mass is 467 g/mol. The maximum atomic E-state index is 13.6. The smallest absolute Gasteiger partial charge is 0.275 e. The molecule has 3 amide bonds. The number of rotatable bonds is 5. The molecule has 0 bridgehead atoms. The van der Waals surface area contributed by atoms with Crippen LogP contribution in [0.25, 0.3) is 16.6 Å². The molecule has 9 heteroatoms. The number of nitrogens with two attached hydrogens (primary N) is 1. The van der Waals surface area contributed by atoms with Gasteiger partial charge in [-0.25, -0.2) is 4.52 Å².